The van der Waals surface area contributed by atoms with E-state index in [0.29, 0.717) is 28.0 Å². The van der Waals surface area contributed by atoms with Crippen LogP contribution in [0.4, 0.5) is 0 Å². The van der Waals surface area contributed by atoms with Crippen LogP contribution >= 0.6 is 15.9 Å². The molecule has 2 heterocycles. The van der Waals surface area contributed by atoms with Gasteiger partial charge in [0.25, 0.3) is 11.8 Å². The molecule has 1 aromatic carbocycles. The Labute approximate surface area is 181 Å². The van der Waals surface area contributed by atoms with E-state index in [4.69, 9.17) is 4.42 Å². The second kappa shape index (κ2) is 8.51. The average molecular weight is 469 g/mol. The van der Waals surface area contributed by atoms with E-state index in [1.165, 1.54) is 12.1 Å². The number of rotatable bonds is 5. The normalized spacial score (nSPS) is 15.7. The van der Waals surface area contributed by atoms with E-state index in [1.807, 2.05) is 13.0 Å². The van der Waals surface area contributed by atoms with Crippen molar-refractivity contribution in [2.75, 3.05) is 6.54 Å². The van der Waals surface area contributed by atoms with Gasteiger partial charge in [-0.3, -0.25) is 14.5 Å². The molecular weight excluding hydrogens is 452 g/mol. The molecule has 0 aliphatic carbocycles. The number of hydrogen-bond donors (Lipinski definition) is 1. The van der Waals surface area contributed by atoms with E-state index < -0.39 is 17.8 Å². The number of aromatic carboxylic acids is 1. The summed E-state index contributed by atoms with van der Waals surface area (Å²) in [7, 11) is 0. The lowest BCUT2D eigenvalue weighted by atomic mass is 9.94. The number of nitrogens with zero attached hydrogens (tertiary/aromatic N) is 2. The number of nitriles is 1. The Morgan fingerprint density at radius 2 is 2.00 bits per heavy atom. The minimum absolute atomic E-state index is 0.0641. The summed E-state index contributed by atoms with van der Waals surface area (Å²) in [6.45, 7) is 3.58. The highest BCUT2D eigenvalue weighted by molar-refractivity contribution is 9.10. The summed E-state index contributed by atoms with van der Waals surface area (Å²) in [6, 6.07) is 9.88. The molecule has 0 bridgehead atoms. The molecule has 2 amide bonds. The second-order valence-corrected chi connectivity index (χ2v) is 7.54. The molecule has 30 heavy (non-hydrogen) atoms. The van der Waals surface area contributed by atoms with Crippen LogP contribution < -0.4 is 0 Å². The number of carbonyl (C=O) groups excluding carboxylic acids is 2. The second-order valence-electron chi connectivity index (χ2n) is 6.63. The Kier molecular flexibility index (Phi) is 6.04. The van der Waals surface area contributed by atoms with E-state index in [1.54, 1.807) is 31.2 Å². The van der Waals surface area contributed by atoms with Crippen LogP contribution in [0.3, 0.4) is 0 Å². The summed E-state index contributed by atoms with van der Waals surface area (Å²) in [5.74, 6) is -1.57. The molecule has 152 valence electrons. The van der Waals surface area contributed by atoms with Crippen LogP contribution in [-0.4, -0.2) is 34.3 Å². The van der Waals surface area contributed by atoms with Crippen LogP contribution in [0.15, 0.2) is 55.9 Å². The van der Waals surface area contributed by atoms with Crippen LogP contribution in [-0.2, 0) is 9.59 Å². The zero-order chi connectivity index (χ0) is 22.0. The van der Waals surface area contributed by atoms with Crippen molar-refractivity contribution in [3.8, 4) is 17.4 Å². The van der Waals surface area contributed by atoms with Crippen molar-refractivity contribution in [1.29, 1.82) is 5.26 Å². The van der Waals surface area contributed by atoms with E-state index in [2.05, 4.69) is 15.9 Å². The summed E-state index contributed by atoms with van der Waals surface area (Å²) in [4.78, 5) is 37.8. The van der Waals surface area contributed by atoms with Gasteiger partial charge in [0.2, 0.25) is 0 Å². The molecule has 1 aliphatic heterocycles. The molecule has 0 spiro atoms. The summed E-state index contributed by atoms with van der Waals surface area (Å²) in [5.41, 5.74) is 0.844. The molecule has 1 N–H and O–H groups in total. The van der Waals surface area contributed by atoms with E-state index >= 15 is 0 Å². The minimum Gasteiger partial charge on any atom is -0.478 e. The number of carbonyl (C=O) groups is 3. The first-order valence-electron chi connectivity index (χ1n) is 9.10. The fourth-order valence-corrected chi connectivity index (χ4v) is 3.54. The third-order valence-corrected chi connectivity index (χ3v) is 5.16. The fourth-order valence-electron chi connectivity index (χ4n) is 3.18. The number of amides is 2. The quantitative estimate of drug-likeness (QED) is 0.513. The summed E-state index contributed by atoms with van der Waals surface area (Å²) in [5, 5.41) is 18.8. The lowest BCUT2D eigenvalue weighted by molar-refractivity contribution is -0.140. The van der Waals surface area contributed by atoms with Crippen molar-refractivity contribution in [1.82, 2.24) is 4.90 Å². The van der Waals surface area contributed by atoms with Gasteiger partial charge in [-0.05, 0) is 55.3 Å². The smallest absolute Gasteiger partial charge is 0.336 e. The lowest BCUT2D eigenvalue weighted by Gasteiger charge is -2.26. The van der Waals surface area contributed by atoms with Gasteiger partial charge < -0.3 is 9.52 Å². The van der Waals surface area contributed by atoms with Crippen LogP contribution in [0.1, 0.15) is 36.4 Å². The maximum Gasteiger partial charge on any atom is 0.336 e. The molecule has 0 fully saturated rings. The predicted octanol–water partition coefficient (Wildman–Crippen LogP) is 4.41. The van der Waals surface area contributed by atoms with Crippen LogP contribution in [0.25, 0.3) is 17.4 Å². The number of carboxylic acid groups (broad SMARTS) is 1. The van der Waals surface area contributed by atoms with Gasteiger partial charge in [-0.2, -0.15) is 5.26 Å². The van der Waals surface area contributed by atoms with Gasteiger partial charge in [0.15, 0.2) is 0 Å². The number of benzene rings is 1. The monoisotopic (exact) mass is 468 g/mol. The molecule has 0 radical (unpaired) electrons. The lowest BCUT2D eigenvalue weighted by Crippen LogP contribution is -2.43. The standard InChI is InChI=1S/C22H17BrN2O5/c1-3-8-25-20(26)16(12(2)18(11-24)21(25)27)10-14-5-7-19(30-14)15-6-4-13(23)9-17(15)22(28)29/h4-7,9-10H,3,8H2,1-2H3,(H,28,29)/b16-10+. The summed E-state index contributed by atoms with van der Waals surface area (Å²) in [6.07, 6.45) is 2.03. The molecule has 0 saturated heterocycles. The molecule has 3 rings (SSSR count). The third kappa shape index (κ3) is 3.84. The third-order valence-electron chi connectivity index (χ3n) is 4.66. The molecule has 0 unspecified atom stereocenters. The molecule has 0 atom stereocenters. The van der Waals surface area contributed by atoms with Crippen molar-refractivity contribution in [3.05, 3.63) is 62.8 Å². The Bertz CT molecular complexity index is 1170. The molecule has 1 aliphatic rings. The first kappa shape index (κ1) is 21.3. The molecular formula is C22H17BrN2O5. The van der Waals surface area contributed by atoms with Crippen LogP contribution in [0.2, 0.25) is 0 Å². The van der Waals surface area contributed by atoms with Crippen LogP contribution in [0, 0.1) is 11.3 Å². The number of imide groups is 1. The van der Waals surface area contributed by atoms with Crippen molar-refractivity contribution in [3.63, 3.8) is 0 Å². The van der Waals surface area contributed by atoms with Gasteiger partial charge in [-0.1, -0.05) is 22.9 Å². The van der Waals surface area contributed by atoms with Gasteiger partial charge in [0.05, 0.1) is 5.56 Å². The van der Waals surface area contributed by atoms with Crippen molar-refractivity contribution >= 4 is 39.8 Å². The number of carboxylic acids is 1. The molecule has 1 aromatic heterocycles. The first-order chi connectivity index (χ1) is 14.3. The SMILES string of the molecule is CCCN1C(=O)C(C#N)=C(C)/C(=C\c2ccc(-c3ccc(Br)cc3C(=O)O)o2)C1=O. The topological polar surface area (TPSA) is 112 Å². The van der Waals surface area contributed by atoms with Crippen molar-refractivity contribution in [2.45, 2.75) is 20.3 Å². The number of hydrogen-bond acceptors (Lipinski definition) is 5. The maximum atomic E-state index is 12.8. The van der Waals surface area contributed by atoms with Crippen molar-refractivity contribution < 1.29 is 23.9 Å². The number of furan rings is 1. The predicted molar refractivity (Wildman–Crippen MR) is 112 cm³/mol. The van der Waals surface area contributed by atoms with Gasteiger partial charge >= 0.3 is 5.97 Å². The van der Waals surface area contributed by atoms with E-state index in [-0.39, 0.29) is 28.8 Å². The van der Waals surface area contributed by atoms with Gasteiger partial charge in [-0.15, -0.1) is 0 Å². The minimum atomic E-state index is -1.10. The Morgan fingerprint density at radius 1 is 1.27 bits per heavy atom. The Hall–Kier alpha value is -3.44. The Morgan fingerprint density at radius 3 is 2.63 bits per heavy atom. The van der Waals surface area contributed by atoms with E-state index in [0.717, 1.165) is 4.90 Å². The largest absolute Gasteiger partial charge is 0.478 e. The highest BCUT2D eigenvalue weighted by atomic mass is 79.9. The zero-order valence-electron chi connectivity index (χ0n) is 16.2. The Balaban J connectivity index is 2.07. The van der Waals surface area contributed by atoms with Gasteiger partial charge in [0, 0.05) is 22.2 Å². The fraction of sp³-hybridized carbons (Fsp3) is 0.182. The summed E-state index contributed by atoms with van der Waals surface area (Å²) < 4.78 is 6.40. The first-order valence-corrected chi connectivity index (χ1v) is 9.90. The van der Waals surface area contributed by atoms with Crippen LogP contribution in [0.5, 0.6) is 0 Å². The number of halogens is 1. The van der Waals surface area contributed by atoms with Gasteiger partial charge in [-0.25, -0.2) is 4.79 Å². The molecule has 7 nitrogen and oxygen atoms in total. The average Bonchev–Trinajstić information content (AvgIpc) is 3.17. The highest BCUT2D eigenvalue weighted by Gasteiger charge is 2.35. The van der Waals surface area contributed by atoms with Gasteiger partial charge in [0.1, 0.15) is 23.2 Å². The zero-order valence-corrected chi connectivity index (χ0v) is 17.8. The molecule has 0 saturated carbocycles. The summed E-state index contributed by atoms with van der Waals surface area (Å²) >= 11 is 3.25. The van der Waals surface area contributed by atoms with E-state index in [9.17, 15) is 24.8 Å². The maximum absolute atomic E-state index is 12.8. The van der Waals surface area contributed by atoms with Crippen molar-refractivity contribution in [2.24, 2.45) is 0 Å². The molecule has 8 heteroatoms. The molecule has 2 aromatic rings. The highest BCUT2D eigenvalue weighted by Crippen LogP contribution is 2.31.